The lowest BCUT2D eigenvalue weighted by atomic mass is 9.99. The molecule has 1 aromatic rings. The van der Waals surface area contributed by atoms with E-state index in [4.69, 9.17) is 5.11 Å². The molecule has 108 valence electrons. The molecule has 0 aromatic heterocycles. The zero-order chi connectivity index (χ0) is 14.7. The topological polar surface area (TPSA) is 69.6 Å². The van der Waals surface area contributed by atoms with Crippen molar-refractivity contribution in [3.63, 3.8) is 0 Å². The largest absolute Gasteiger partial charge is 0.481 e. The van der Waals surface area contributed by atoms with Crippen molar-refractivity contribution in [2.24, 2.45) is 5.92 Å². The number of amides is 2. The van der Waals surface area contributed by atoms with Crippen LogP contribution in [0, 0.1) is 19.8 Å². The second-order valence-electron chi connectivity index (χ2n) is 5.37. The van der Waals surface area contributed by atoms with Crippen molar-refractivity contribution in [2.75, 3.05) is 18.4 Å². The Morgan fingerprint density at radius 2 is 2.10 bits per heavy atom. The number of rotatable bonds is 2. The summed E-state index contributed by atoms with van der Waals surface area (Å²) in [5.74, 6) is -1.28. The molecule has 2 N–H and O–H groups in total. The number of likely N-dealkylation sites (tertiary alicyclic amines) is 1. The van der Waals surface area contributed by atoms with Crippen molar-refractivity contribution >= 4 is 17.7 Å². The highest BCUT2D eigenvalue weighted by Crippen LogP contribution is 2.20. The minimum atomic E-state index is -0.825. The van der Waals surface area contributed by atoms with Gasteiger partial charge in [-0.05, 0) is 38.3 Å². The van der Waals surface area contributed by atoms with Crippen LogP contribution in [0.4, 0.5) is 10.5 Å². The minimum absolute atomic E-state index is 0.220. The molecular formula is C15H20N2O3. The first-order valence-corrected chi connectivity index (χ1v) is 6.83. The van der Waals surface area contributed by atoms with Gasteiger partial charge in [0.05, 0.1) is 5.92 Å². The van der Waals surface area contributed by atoms with E-state index in [1.807, 2.05) is 32.0 Å². The first-order valence-electron chi connectivity index (χ1n) is 6.83. The molecule has 1 aliphatic rings. The summed E-state index contributed by atoms with van der Waals surface area (Å²) in [7, 11) is 0. The van der Waals surface area contributed by atoms with Crippen molar-refractivity contribution in [2.45, 2.75) is 26.7 Å². The molecule has 0 spiro atoms. The molecule has 5 heteroatoms. The molecule has 0 aliphatic carbocycles. The van der Waals surface area contributed by atoms with Gasteiger partial charge in [0.2, 0.25) is 0 Å². The average molecular weight is 276 g/mol. The Labute approximate surface area is 118 Å². The van der Waals surface area contributed by atoms with Gasteiger partial charge in [0.1, 0.15) is 0 Å². The molecule has 0 saturated carbocycles. The Morgan fingerprint density at radius 1 is 1.35 bits per heavy atom. The summed E-state index contributed by atoms with van der Waals surface area (Å²) in [6.45, 7) is 4.84. The molecule has 20 heavy (non-hydrogen) atoms. The maximum absolute atomic E-state index is 12.2. The fourth-order valence-corrected chi connectivity index (χ4v) is 2.51. The highest BCUT2D eigenvalue weighted by molar-refractivity contribution is 5.90. The van der Waals surface area contributed by atoms with Crippen LogP contribution in [0.3, 0.4) is 0 Å². The standard InChI is InChI=1S/C15H20N2O3/c1-10-5-6-13(11(2)8-10)16-15(20)17-7-3-4-12(9-17)14(18)19/h5-6,8,12H,3-4,7,9H2,1-2H3,(H,16,20)(H,18,19). The van der Waals surface area contributed by atoms with Gasteiger partial charge in [-0.1, -0.05) is 17.7 Å². The third-order valence-corrected chi connectivity index (χ3v) is 3.68. The molecule has 0 bridgehead atoms. The van der Waals surface area contributed by atoms with Crippen molar-refractivity contribution in [3.05, 3.63) is 29.3 Å². The van der Waals surface area contributed by atoms with Crippen LogP contribution in [-0.2, 0) is 4.79 Å². The van der Waals surface area contributed by atoms with Gasteiger partial charge >= 0.3 is 12.0 Å². The number of hydrogen-bond donors (Lipinski definition) is 2. The SMILES string of the molecule is Cc1ccc(NC(=O)N2CCCC(C(=O)O)C2)c(C)c1. The van der Waals surface area contributed by atoms with E-state index in [1.54, 1.807) is 4.90 Å². The van der Waals surface area contributed by atoms with Gasteiger partial charge in [0.15, 0.2) is 0 Å². The number of carboxylic acids is 1. The number of carbonyl (C=O) groups excluding carboxylic acids is 1. The Kier molecular flexibility index (Phi) is 4.27. The summed E-state index contributed by atoms with van der Waals surface area (Å²) >= 11 is 0. The highest BCUT2D eigenvalue weighted by atomic mass is 16.4. The van der Waals surface area contributed by atoms with E-state index in [1.165, 1.54) is 0 Å². The molecular weight excluding hydrogens is 256 g/mol. The first-order chi connectivity index (χ1) is 9.47. The molecule has 2 rings (SSSR count). The molecule has 1 atom stereocenters. The quantitative estimate of drug-likeness (QED) is 0.872. The third-order valence-electron chi connectivity index (χ3n) is 3.68. The zero-order valence-corrected chi connectivity index (χ0v) is 11.8. The maximum Gasteiger partial charge on any atom is 0.321 e. The minimum Gasteiger partial charge on any atom is -0.481 e. The first kappa shape index (κ1) is 14.4. The molecule has 1 heterocycles. The number of piperidine rings is 1. The normalized spacial score (nSPS) is 18.7. The summed E-state index contributed by atoms with van der Waals surface area (Å²) in [6.07, 6.45) is 1.37. The lowest BCUT2D eigenvalue weighted by Gasteiger charge is -2.30. The number of carbonyl (C=O) groups is 2. The molecule has 1 saturated heterocycles. The number of nitrogens with one attached hydrogen (secondary N) is 1. The predicted octanol–water partition coefficient (Wildman–Crippen LogP) is 2.63. The summed E-state index contributed by atoms with van der Waals surface area (Å²) in [4.78, 5) is 24.8. The summed E-state index contributed by atoms with van der Waals surface area (Å²) in [6, 6.07) is 5.61. The van der Waals surface area contributed by atoms with E-state index >= 15 is 0 Å². The van der Waals surface area contributed by atoms with E-state index in [9.17, 15) is 9.59 Å². The smallest absolute Gasteiger partial charge is 0.321 e. The Balaban J connectivity index is 2.02. The van der Waals surface area contributed by atoms with Crippen molar-refractivity contribution in [3.8, 4) is 0 Å². The number of carboxylic acid groups (broad SMARTS) is 1. The van der Waals surface area contributed by atoms with E-state index in [-0.39, 0.29) is 12.6 Å². The predicted molar refractivity (Wildman–Crippen MR) is 76.9 cm³/mol. The number of nitrogens with zero attached hydrogens (tertiary/aromatic N) is 1. The van der Waals surface area contributed by atoms with Crippen LogP contribution in [0.5, 0.6) is 0 Å². The summed E-state index contributed by atoms with van der Waals surface area (Å²) < 4.78 is 0. The Morgan fingerprint density at radius 3 is 2.75 bits per heavy atom. The van der Waals surface area contributed by atoms with Gasteiger partial charge in [-0.25, -0.2) is 4.79 Å². The van der Waals surface area contributed by atoms with E-state index in [0.29, 0.717) is 13.0 Å². The molecule has 5 nitrogen and oxygen atoms in total. The van der Waals surface area contributed by atoms with E-state index in [0.717, 1.165) is 23.2 Å². The highest BCUT2D eigenvalue weighted by Gasteiger charge is 2.28. The number of aliphatic carboxylic acids is 1. The van der Waals surface area contributed by atoms with Gasteiger partial charge < -0.3 is 15.3 Å². The summed E-state index contributed by atoms with van der Waals surface area (Å²) in [5.41, 5.74) is 2.92. The van der Waals surface area contributed by atoms with Crippen LogP contribution in [0.25, 0.3) is 0 Å². The van der Waals surface area contributed by atoms with Crippen molar-refractivity contribution in [1.29, 1.82) is 0 Å². The zero-order valence-electron chi connectivity index (χ0n) is 11.8. The molecule has 2 amide bonds. The van der Waals surface area contributed by atoms with Gasteiger partial charge in [0, 0.05) is 18.8 Å². The van der Waals surface area contributed by atoms with Crippen LogP contribution in [-0.4, -0.2) is 35.1 Å². The van der Waals surface area contributed by atoms with Crippen molar-refractivity contribution < 1.29 is 14.7 Å². The lowest BCUT2D eigenvalue weighted by Crippen LogP contribution is -2.44. The molecule has 1 aromatic carbocycles. The fraction of sp³-hybridized carbons (Fsp3) is 0.467. The summed E-state index contributed by atoms with van der Waals surface area (Å²) in [5, 5.41) is 11.9. The van der Waals surface area contributed by atoms with Crippen LogP contribution in [0.15, 0.2) is 18.2 Å². The van der Waals surface area contributed by atoms with Gasteiger partial charge in [-0.15, -0.1) is 0 Å². The van der Waals surface area contributed by atoms with Crippen LogP contribution >= 0.6 is 0 Å². The second-order valence-corrected chi connectivity index (χ2v) is 5.37. The van der Waals surface area contributed by atoms with Gasteiger partial charge in [-0.3, -0.25) is 4.79 Å². The number of anilines is 1. The molecule has 1 unspecified atom stereocenters. The second kappa shape index (κ2) is 5.94. The van der Waals surface area contributed by atoms with Crippen molar-refractivity contribution in [1.82, 2.24) is 4.90 Å². The van der Waals surface area contributed by atoms with Gasteiger partial charge in [-0.2, -0.15) is 0 Å². The fourth-order valence-electron chi connectivity index (χ4n) is 2.51. The van der Waals surface area contributed by atoms with E-state index in [2.05, 4.69) is 5.32 Å². The maximum atomic E-state index is 12.2. The number of hydrogen-bond acceptors (Lipinski definition) is 2. The van der Waals surface area contributed by atoms with E-state index < -0.39 is 11.9 Å². The molecule has 1 fully saturated rings. The van der Waals surface area contributed by atoms with Crippen LogP contribution in [0.2, 0.25) is 0 Å². The van der Waals surface area contributed by atoms with Crippen LogP contribution in [0.1, 0.15) is 24.0 Å². The molecule has 1 aliphatic heterocycles. The number of aryl methyl sites for hydroxylation is 2. The number of benzene rings is 1. The number of urea groups is 1. The Bertz CT molecular complexity index is 528. The monoisotopic (exact) mass is 276 g/mol. The van der Waals surface area contributed by atoms with Gasteiger partial charge in [0.25, 0.3) is 0 Å². The third kappa shape index (κ3) is 3.29. The van der Waals surface area contributed by atoms with Crippen LogP contribution < -0.4 is 5.32 Å². The lowest BCUT2D eigenvalue weighted by molar-refractivity contribution is -0.143. The molecule has 0 radical (unpaired) electrons. The Hall–Kier alpha value is -2.04. The average Bonchev–Trinajstić information content (AvgIpc) is 2.42.